The van der Waals surface area contributed by atoms with Crippen LogP contribution in [0.25, 0.3) is 0 Å². The molecule has 0 spiro atoms. The number of nitrogens with one attached hydrogen (secondary N) is 2. The van der Waals surface area contributed by atoms with Gasteiger partial charge in [0.05, 0.1) is 5.92 Å². The molecule has 0 aromatic carbocycles. The van der Waals surface area contributed by atoms with Crippen molar-refractivity contribution in [2.45, 2.75) is 51.5 Å². The maximum atomic E-state index is 11.6. The lowest BCUT2D eigenvalue weighted by Gasteiger charge is -2.12. The van der Waals surface area contributed by atoms with Crippen molar-refractivity contribution in [2.75, 3.05) is 6.54 Å². The van der Waals surface area contributed by atoms with Crippen LogP contribution in [0.15, 0.2) is 0 Å². The second kappa shape index (κ2) is 7.76. The molecule has 1 aliphatic rings. The quantitative estimate of drug-likeness (QED) is 0.633. The Bertz CT molecular complexity index is 344. The lowest BCUT2D eigenvalue weighted by atomic mass is 10.1. The molecular formula is C13H22N2O4. The van der Waals surface area contributed by atoms with Crippen LogP contribution < -0.4 is 10.6 Å². The number of rotatable bonds is 7. The Morgan fingerprint density at radius 3 is 2.42 bits per heavy atom. The molecule has 2 amide bonds. The standard InChI is InChI=1S/C13H22N2O4/c1-2-7-14-11(16)5-6-12(17)15-10-4-3-9(8-10)13(18)19/h9-10H,2-8H2,1H3,(H,14,16)(H,15,17)(H,18,19)/t9-,10+/m0/s1. The van der Waals surface area contributed by atoms with E-state index in [4.69, 9.17) is 5.11 Å². The molecule has 0 aromatic rings. The van der Waals surface area contributed by atoms with Gasteiger partial charge in [-0.25, -0.2) is 0 Å². The van der Waals surface area contributed by atoms with Crippen molar-refractivity contribution in [3.8, 4) is 0 Å². The number of carbonyl (C=O) groups excluding carboxylic acids is 2. The van der Waals surface area contributed by atoms with Gasteiger partial charge in [0, 0.05) is 25.4 Å². The molecule has 0 radical (unpaired) electrons. The molecule has 0 heterocycles. The van der Waals surface area contributed by atoms with E-state index in [-0.39, 0.29) is 36.6 Å². The van der Waals surface area contributed by atoms with Crippen molar-refractivity contribution in [1.29, 1.82) is 0 Å². The van der Waals surface area contributed by atoms with Crippen LogP contribution in [0, 0.1) is 5.92 Å². The third kappa shape index (κ3) is 5.72. The minimum absolute atomic E-state index is 0.0627. The molecule has 19 heavy (non-hydrogen) atoms. The van der Waals surface area contributed by atoms with Gasteiger partial charge in [-0.3, -0.25) is 14.4 Å². The second-order valence-corrected chi connectivity index (χ2v) is 4.96. The highest BCUT2D eigenvalue weighted by molar-refractivity contribution is 5.83. The zero-order valence-electron chi connectivity index (χ0n) is 11.3. The number of amides is 2. The van der Waals surface area contributed by atoms with Gasteiger partial charge in [-0.15, -0.1) is 0 Å². The molecule has 1 rings (SSSR count). The predicted molar refractivity (Wildman–Crippen MR) is 69.4 cm³/mol. The van der Waals surface area contributed by atoms with Crippen LogP contribution in [0.2, 0.25) is 0 Å². The van der Waals surface area contributed by atoms with Gasteiger partial charge in [0.1, 0.15) is 0 Å². The maximum absolute atomic E-state index is 11.6. The second-order valence-electron chi connectivity index (χ2n) is 4.96. The summed E-state index contributed by atoms with van der Waals surface area (Å²) in [7, 11) is 0. The Balaban J connectivity index is 2.18. The van der Waals surface area contributed by atoms with E-state index in [1.54, 1.807) is 0 Å². The van der Waals surface area contributed by atoms with E-state index in [1.165, 1.54) is 0 Å². The molecule has 1 saturated carbocycles. The molecule has 0 saturated heterocycles. The molecule has 0 unspecified atom stereocenters. The molecule has 6 heteroatoms. The molecule has 2 atom stereocenters. The molecule has 6 nitrogen and oxygen atoms in total. The minimum Gasteiger partial charge on any atom is -0.481 e. The molecule has 0 aromatic heterocycles. The van der Waals surface area contributed by atoms with Gasteiger partial charge in [0.15, 0.2) is 0 Å². The highest BCUT2D eigenvalue weighted by Gasteiger charge is 2.30. The molecule has 1 fully saturated rings. The van der Waals surface area contributed by atoms with E-state index in [0.717, 1.165) is 6.42 Å². The molecule has 0 aliphatic heterocycles. The summed E-state index contributed by atoms with van der Waals surface area (Å²) in [5.41, 5.74) is 0. The highest BCUT2D eigenvalue weighted by atomic mass is 16.4. The Kier molecular flexibility index (Phi) is 6.32. The van der Waals surface area contributed by atoms with Gasteiger partial charge in [-0.2, -0.15) is 0 Å². The van der Waals surface area contributed by atoms with Crippen LogP contribution in [-0.2, 0) is 14.4 Å². The first-order valence-electron chi connectivity index (χ1n) is 6.81. The number of hydrogen-bond donors (Lipinski definition) is 3. The number of carbonyl (C=O) groups is 3. The Morgan fingerprint density at radius 1 is 1.16 bits per heavy atom. The van der Waals surface area contributed by atoms with E-state index in [1.807, 2.05) is 6.92 Å². The monoisotopic (exact) mass is 270 g/mol. The van der Waals surface area contributed by atoms with Gasteiger partial charge >= 0.3 is 5.97 Å². The largest absolute Gasteiger partial charge is 0.481 e. The topological polar surface area (TPSA) is 95.5 Å². The predicted octanol–water partition coefficient (Wildman–Crippen LogP) is 0.662. The number of hydrogen-bond acceptors (Lipinski definition) is 3. The van der Waals surface area contributed by atoms with Gasteiger partial charge in [-0.1, -0.05) is 6.92 Å². The fourth-order valence-corrected chi connectivity index (χ4v) is 2.22. The Labute approximate surface area is 112 Å². The van der Waals surface area contributed by atoms with Crippen LogP contribution in [-0.4, -0.2) is 35.5 Å². The smallest absolute Gasteiger partial charge is 0.306 e. The summed E-state index contributed by atoms with van der Waals surface area (Å²) in [5.74, 6) is -1.44. The summed E-state index contributed by atoms with van der Waals surface area (Å²) in [5, 5.41) is 14.4. The average molecular weight is 270 g/mol. The van der Waals surface area contributed by atoms with Crippen LogP contribution in [0.5, 0.6) is 0 Å². The van der Waals surface area contributed by atoms with Gasteiger partial charge < -0.3 is 15.7 Å². The molecule has 1 aliphatic carbocycles. The highest BCUT2D eigenvalue weighted by Crippen LogP contribution is 2.25. The zero-order chi connectivity index (χ0) is 14.3. The fourth-order valence-electron chi connectivity index (χ4n) is 2.22. The first-order valence-corrected chi connectivity index (χ1v) is 6.81. The molecular weight excluding hydrogens is 248 g/mol. The van der Waals surface area contributed by atoms with E-state index in [9.17, 15) is 14.4 Å². The summed E-state index contributed by atoms with van der Waals surface area (Å²) in [6, 6.07) is -0.0627. The van der Waals surface area contributed by atoms with Gasteiger partial charge in [0.2, 0.25) is 11.8 Å². The van der Waals surface area contributed by atoms with Crippen LogP contribution in [0.3, 0.4) is 0 Å². The van der Waals surface area contributed by atoms with Crippen LogP contribution in [0.4, 0.5) is 0 Å². The van der Waals surface area contributed by atoms with E-state index < -0.39 is 5.97 Å². The first kappa shape index (κ1) is 15.5. The molecule has 3 N–H and O–H groups in total. The normalized spacial score (nSPS) is 21.9. The lowest BCUT2D eigenvalue weighted by Crippen LogP contribution is -2.34. The fraction of sp³-hybridized carbons (Fsp3) is 0.769. The SMILES string of the molecule is CCCNC(=O)CCC(=O)N[C@@H]1CC[C@H](C(=O)O)C1. The van der Waals surface area contributed by atoms with Crippen molar-refractivity contribution < 1.29 is 19.5 Å². The number of aliphatic carboxylic acids is 1. The van der Waals surface area contributed by atoms with Crippen molar-refractivity contribution >= 4 is 17.8 Å². The van der Waals surface area contributed by atoms with Crippen molar-refractivity contribution in [2.24, 2.45) is 5.92 Å². The first-order chi connectivity index (χ1) is 9.02. The lowest BCUT2D eigenvalue weighted by molar-refractivity contribution is -0.141. The summed E-state index contributed by atoms with van der Waals surface area (Å²) in [6.07, 6.45) is 3.01. The van der Waals surface area contributed by atoms with Gasteiger partial charge in [-0.05, 0) is 25.7 Å². The third-order valence-corrected chi connectivity index (χ3v) is 3.30. The molecule has 0 bridgehead atoms. The average Bonchev–Trinajstić information content (AvgIpc) is 2.82. The third-order valence-electron chi connectivity index (χ3n) is 3.30. The van der Waals surface area contributed by atoms with E-state index in [0.29, 0.717) is 25.8 Å². The maximum Gasteiger partial charge on any atom is 0.306 e. The summed E-state index contributed by atoms with van der Waals surface area (Å²) < 4.78 is 0. The Hall–Kier alpha value is -1.59. The van der Waals surface area contributed by atoms with Gasteiger partial charge in [0.25, 0.3) is 0 Å². The molecule has 108 valence electrons. The Morgan fingerprint density at radius 2 is 1.84 bits per heavy atom. The van der Waals surface area contributed by atoms with Crippen LogP contribution >= 0.6 is 0 Å². The van der Waals surface area contributed by atoms with Crippen molar-refractivity contribution in [1.82, 2.24) is 10.6 Å². The van der Waals surface area contributed by atoms with E-state index >= 15 is 0 Å². The van der Waals surface area contributed by atoms with E-state index in [2.05, 4.69) is 10.6 Å². The summed E-state index contributed by atoms with van der Waals surface area (Å²) in [6.45, 7) is 2.59. The van der Waals surface area contributed by atoms with Crippen molar-refractivity contribution in [3.63, 3.8) is 0 Å². The zero-order valence-corrected chi connectivity index (χ0v) is 11.3. The summed E-state index contributed by atoms with van der Waals surface area (Å²) >= 11 is 0. The van der Waals surface area contributed by atoms with Crippen LogP contribution in [0.1, 0.15) is 45.4 Å². The minimum atomic E-state index is -0.796. The van der Waals surface area contributed by atoms with Crippen molar-refractivity contribution in [3.05, 3.63) is 0 Å². The number of carboxylic acids is 1. The number of carboxylic acid groups (broad SMARTS) is 1. The summed E-state index contributed by atoms with van der Waals surface area (Å²) in [4.78, 5) is 33.7.